The van der Waals surface area contributed by atoms with Crippen LogP contribution >= 0.6 is 0 Å². The number of nitrogens with two attached hydrogens (primary N) is 1. The molecule has 0 unspecified atom stereocenters. The maximum absolute atomic E-state index is 12.3. The Bertz CT molecular complexity index is 465. The first-order chi connectivity index (χ1) is 9.45. The molecule has 0 saturated carbocycles. The summed E-state index contributed by atoms with van der Waals surface area (Å²) in [5.41, 5.74) is 10.8. The summed E-state index contributed by atoms with van der Waals surface area (Å²) < 4.78 is 0. The van der Waals surface area contributed by atoms with Gasteiger partial charge in [-0.05, 0) is 50.3 Å². The van der Waals surface area contributed by atoms with E-state index in [-0.39, 0.29) is 0 Å². The summed E-state index contributed by atoms with van der Waals surface area (Å²) in [5, 5.41) is 0. The number of aryl methyl sites for hydroxylation is 3. The number of Topliss-reactive ketones (excluding diaryl/α,β-unsaturated/α-hetero) is 1. The van der Waals surface area contributed by atoms with E-state index in [1.54, 1.807) is 0 Å². The lowest BCUT2D eigenvalue weighted by atomic mass is 9.95. The van der Waals surface area contributed by atoms with E-state index >= 15 is 0 Å². The fourth-order valence-corrected chi connectivity index (χ4v) is 3.10. The zero-order chi connectivity index (χ0) is 14.7. The molecule has 1 fully saturated rings. The number of nitrogens with zero attached hydrogens (tertiary/aromatic N) is 1. The van der Waals surface area contributed by atoms with Gasteiger partial charge in [-0.2, -0.15) is 0 Å². The predicted molar refractivity (Wildman–Crippen MR) is 83.0 cm³/mol. The molecule has 1 saturated heterocycles. The van der Waals surface area contributed by atoms with Gasteiger partial charge >= 0.3 is 0 Å². The van der Waals surface area contributed by atoms with Crippen LogP contribution in [0, 0.1) is 20.8 Å². The molecule has 0 bridgehead atoms. The first kappa shape index (κ1) is 15.2. The second-order valence-corrected chi connectivity index (χ2v) is 6.21. The summed E-state index contributed by atoms with van der Waals surface area (Å²) in [6, 6.07) is 4.65. The summed E-state index contributed by atoms with van der Waals surface area (Å²) in [5.74, 6) is 0.315. The van der Waals surface area contributed by atoms with Crippen molar-refractivity contribution in [3.8, 4) is 0 Å². The van der Waals surface area contributed by atoms with Crippen molar-refractivity contribution < 1.29 is 4.79 Å². The topological polar surface area (TPSA) is 46.3 Å². The average molecular weight is 274 g/mol. The number of rotatable bonds is 4. The van der Waals surface area contributed by atoms with Gasteiger partial charge in [-0.25, -0.2) is 0 Å². The lowest BCUT2D eigenvalue weighted by molar-refractivity contribution is -0.119. The van der Waals surface area contributed by atoms with Crippen LogP contribution in [0.3, 0.4) is 0 Å². The molecule has 1 heterocycles. The molecule has 2 rings (SSSR count). The van der Waals surface area contributed by atoms with Crippen LogP contribution in [0.2, 0.25) is 0 Å². The van der Waals surface area contributed by atoms with Crippen LogP contribution in [-0.4, -0.2) is 36.4 Å². The Labute approximate surface area is 122 Å². The van der Waals surface area contributed by atoms with E-state index in [2.05, 4.69) is 37.8 Å². The monoisotopic (exact) mass is 274 g/mol. The summed E-state index contributed by atoms with van der Waals surface area (Å²) in [6.07, 6.45) is 2.58. The Hall–Kier alpha value is -1.19. The van der Waals surface area contributed by atoms with Crippen molar-refractivity contribution in [3.63, 3.8) is 0 Å². The molecule has 1 aliphatic heterocycles. The molecular formula is C17H26N2O. The van der Waals surface area contributed by atoms with Crippen molar-refractivity contribution in [3.05, 3.63) is 34.4 Å². The van der Waals surface area contributed by atoms with Crippen LogP contribution in [0.25, 0.3) is 0 Å². The second-order valence-electron chi connectivity index (χ2n) is 6.21. The minimum absolute atomic E-state index is 0.315. The first-order valence-electron chi connectivity index (χ1n) is 7.52. The standard InChI is InChI=1S/C17H26N2O/c1-12-8-13(2)17(14(3)9-12)10-16(20)11-19-6-4-15(18)5-7-19/h8-9,15H,4-7,10-11,18H2,1-3H3. The van der Waals surface area contributed by atoms with Crippen LogP contribution in [0.15, 0.2) is 12.1 Å². The van der Waals surface area contributed by atoms with E-state index in [9.17, 15) is 4.79 Å². The molecule has 2 N–H and O–H groups in total. The minimum Gasteiger partial charge on any atom is -0.328 e. The van der Waals surface area contributed by atoms with E-state index in [4.69, 9.17) is 5.73 Å². The molecule has 3 heteroatoms. The Kier molecular flexibility index (Phi) is 4.95. The van der Waals surface area contributed by atoms with Gasteiger partial charge in [0.15, 0.2) is 5.78 Å². The largest absolute Gasteiger partial charge is 0.328 e. The quantitative estimate of drug-likeness (QED) is 0.915. The van der Waals surface area contributed by atoms with E-state index in [0.29, 0.717) is 24.8 Å². The van der Waals surface area contributed by atoms with Crippen molar-refractivity contribution in [1.82, 2.24) is 4.90 Å². The van der Waals surface area contributed by atoms with Crippen LogP contribution in [0.1, 0.15) is 35.1 Å². The van der Waals surface area contributed by atoms with E-state index < -0.39 is 0 Å². The number of carbonyl (C=O) groups is 1. The molecule has 0 spiro atoms. The summed E-state index contributed by atoms with van der Waals surface area (Å²) in [4.78, 5) is 14.5. The number of ketones is 1. The molecule has 0 amide bonds. The third kappa shape index (κ3) is 3.90. The van der Waals surface area contributed by atoms with Crippen molar-refractivity contribution in [1.29, 1.82) is 0 Å². The number of benzene rings is 1. The highest BCUT2D eigenvalue weighted by Gasteiger charge is 2.19. The van der Waals surface area contributed by atoms with Crippen molar-refractivity contribution >= 4 is 5.78 Å². The van der Waals surface area contributed by atoms with Gasteiger partial charge in [0.1, 0.15) is 0 Å². The smallest absolute Gasteiger partial charge is 0.151 e. The molecule has 3 nitrogen and oxygen atoms in total. The number of piperidine rings is 1. The number of carbonyl (C=O) groups excluding carboxylic acids is 1. The third-order valence-corrected chi connectivity index (χ3v) is 4.25. The molecule has 20 heavy (non-hydrogen) atoms. The maximum Gasteiger partial charge on any atom is 0.151 e. The summed E-state index contributed by atoms with van der Waals surface area (Å²) >= 11 is 0. The number of hydrogen-bond donors (Lipinski definition) is 1. The highest BCUT2D eigenvalue weighted by atomic mass is 16.1. The predicted octanol–water partition coefficient (Wildman–Crippen LogP) is 2.15. The Morgan fingerprint density at radius 3 is 2.30 bits per heavy atom. The average Bonchev–Trinajstić information content (AvgIpc) is 2.36. The molecule has 1 aromatic rings. The molecule has 0 radical (unpaired) electrons. The van der Waals surface area contributed by atoms with Gasteiger partial charge in [0.2, 0.25) is 0 Å². The Morgan fingerprint density at radius 1 is 1.20 bits per heavy atom. The molecular weight excluding hydrogens is 248 g/mol. The van der Waals surface area contributed by atoms with Gasteiger partial charge in [0.25, 0.3) is 0 Å². The molecule has 0 aliphatic carbocycles. The maximum atomic E-state index is 12.3. The van der Waals surface area contributed by atoms with E-state index in [0.717, 1.165) is 25.9 Å². The number of likely N-dealkylation sites (tertiary alicyclic amines) is 1. The van der Waals surface area contributed by atoms with Crippen molar-refractivity contribution in [2.75, 3.05) is 19.6 Å². The molecule has 1 aliphatic rings. The third-order valence-electron chi connectivity index (χ3n) is 4.25. The van der Waals surface area contributed by atoms with E-state index in [1.165, 1.54) is 22.3 Å². The first-order valence-corrected chi connectivity index (χ1v) is 7.52. The van der Waals surface area contributed by atoms with Crippen LogP contribution in [-0.2, 0) is 11.2 Å². The zero-order valence-electron chi connectivity index (χ0n) is 12.9. The summed E-state index contributed by atoms with van der Waals surface area (Å²) in [7, 11) is 0. The normalized spacial score (nSPS) is 17.4. The van der Waals surface area contributed by atoms with Crippen molar-refractivity contribution in [2.45, 2.75) is 46.1 Å². The molecule has 0 atom stereocenters. The fraction of sp³-hybridized carbons (Fsp3) is 0.588. The number of hydrogen-bond acceptors (Lipinski definition) is 3. The highest BCUT2D eigenvalue weighted by Crippen LogP contribution is 2.17. The minimum atomic E-state index is 0.315. The zero-order valence-corrected chi connectivity index (χ0v) is 12.9. The molecule has 0 aromatic heterocycles. The van der Waals surface area contributed by atoms with Gasteiger partial charge in [0.05, 0.1) is 6.54 Å². The Balaban J connectivity index is 1.95. The molecule has 1 aromatic carbocycles. The van der Waals surface area contributed by atoms with Gasteiger partial charge in [-0.3, -0.25) is 9.69 Å². The van der Waals surface area contributed by atoms with Crippen molar-refractivity contribution in [2.24, 2.45) is 5.73 Å². The SMILES string of the molecule is Cc1cc(C)c(CC(=O)CN2CCC(N)CC2)c(C)c1. The highest BCUT2D eigenvalue weighted by molar-refractivity contribution is 5.83. The summed E-state index contributed by atoms with van der Waals surface area (Å²) in [6.45, 7) is 8.78. The van der Waals surface area contributed by atoms with Crippen LogP contribution in [0.4, 0.5) is 0 Å². The lowest BCUT2D eigenvalue weighted by Gasteiger charge is -2.29. The van der Waals surface area contributed by atoms with Gasteiger partial charge in [0, 0.05) is 25.6 Å². The Morgan fingerprint density at radius 2 is 1.75 bits per heavy atom. The fourth-order valence-electron chi connectivity index (χ4n) is 3.10. The van der Waals surface area contributed by atoms with Crippen LogP contribution < -0.4 is 5.73 Å². The van der Waals surface area contributed by atoms with E-state index in [1.807, 2.05) is 0 Å². The van der Waals surface area contributed by atoms with Gasteiger partial charge in [-0.15, -0.1) is 0 Å². The van der Waals surface area contributed by atoms with Gasteiger partial charge < -0.3 is 5.73 Å². The molecule has 110 valence electrons. The van der Waals surface area contributed by atoms with Gasteiger partial charge in [-0.1, -0.05) is 17.7 Å². The lowest BCUT2D eigenvalue weighted by Crippen LogP contribution is -2.42. The second kappa shape index (κ2) is 6.51. The van der Waals surface area contributed by atoms with Crippen LogP contribution in [0.5, 0.6) is 0 Å².